The van der Waals surface area contributed by atoms with Gasteiger partial charge in [0.2, 0.25) is 0 Å². The summed E-state index contributed by atoms with van der Waals surface area (Å²) in [4.78, 5) is 0. The Labute approximate surface area is 107 Å². The van der Waals surface area contributed by atoms with Gasteiger partial charge in [0, 0.05) is 0 Å². The molecule has 0 aliphatic heterocycles. The molecule has 14 heavy (non-hydrogen) atoms. The molecule has 2 aromatic carbocycles. The fraction of sp³-hybridized carbons (Fsp3) is 0.0769. The van der Waals surface area contributed by atoms with E-state index in [9.17, 15) is 0 Å². The Morgan fingerprint density at radius 2 is 1.14 bits per heavy atom. The van der Waals surface area contributed by atoms with E-state index in [-0.39, 0.29) is 29.6 Å². The normalized spacial score (nSPS) is 9.21. The van der Waals surface area contributed by atoms with Crippen molar-refractivity contribution in [2.75, 3.05) is 0 Å². The van der Waals surface area contributed by atoms with E-state index in [0.717, 1.165) is 0 Å². The molecule has 1 heteroatoms. The van der Waals surface area contributed by atoms with Crippen molar-refractivity contribution in [2.24, 2.45) is 0 Å². The van der Waals surface area contributed by atoms with Crippen LogP contribution >= 0.6 is 0 Å². The summed E-state index contributed by atoms with van der Waals surface area (Å²) >= 11 is 0. The van der Waals surface area contributed by atoms with E-state index in [1.807, 2.05) is 6.07 Å². The van der Waals surface area contributed by atoms with E-state index >= 15 is 0 Å². The van der Waals surface area contributed by atoms with E-state index < -0.39 is 0 Å². The van der Waals surface area contributed by atoms with Gasteiger partial charge < -0.3 is 0 Å². The molecule has 0 saturated heterocycles. The van der Waals surface area contributed by atoms with Gasteiger partial charge in [-0.1, -0.05) is 60.2 Å². The second-order valence-corrected chi connectivity index (χ2v) is 3.23. The molecule has 0 heterocycles. The monoisotopic (exact) mass is 192 g/mol. The van der Waals surface area contributed by atoms with E-state index in [0.29, 0.717) is 0 Å². The van der Waals surface area contributed by atoms with Gasteiger partial charge in [0.05, 0.1) is 0 Å². The second kappa shape index (κ2) is 5.35. The predicted molar refractivity (Wildman–Crippen MR) is 63.8 cm³/mol. The van der Waals surface area contributed by atoms with Crippen LogP contribution in [-0.2, 0) is 0 Å². The molecule has 0 aliphatic rings. The average Bonchev–Trinajstić information content (AvgIpc) is 2.20. The van der Waals surface area contributed by atoms with E-state index in [1.165, 1.54) is 16.7 Å². The van der Waals surface area contributed by atoms with E-state index in [2.05, 4.69) is 55.5 Å². The molecule has 66 valence electrons. The molecule has 0 radical (unpaired) electrons. The van der Waals surface area contributed by atoms with Crippen LogP contribution in [0.1, 0.15) is 5.56 Å². The van der Waals surface area contributed by atoms with Gasteiger partial charge >= 0.3 is 29.6 Å². The number of hydrogen-bond acceptors (Lipinski definition) is 0. The molecule has 0 saturated carbocycles. The minimum atomic E-state index is 0. The summed E-state index contributed by atoms with van der Waals surface area (Å²) in [5.74, 6) is 0. The molecular formula is C13H13Na. The summed E-state index contributed by atoms with van der Waals surface area (Å²) in [5, 5.41) is 0. The van der Waals surface area contributed by atoms with Crippen LogP contribution in [0.2, 0.25) is 0 Å². The molecule has 2 rings (SSSR count). The van der Waals surface area contributed by atoms with Crippen molar-refractivity contribution in [2.45, 2.75) is 6.92 Å². The van der Waals surface area contributed by atoms with Crippen LogP contribution < -0.4 is 0 Å². The quantitative estimate of drug-likeness (QED) is 0.609. The van der Waals surface area contributed by atoms with Crippen molar-refractivity contribution >= 4 is 29.6 Å². The SMILES string of the molecule is Cc1ccc(-c2ccccc2)cc1.[NaH]. The Bertz CT molecular complexity index is 376. The summed E-state index contributed by atoms with van der Waals surface area (Å²) in [6.07, 6.45) is 0. The first-order chi connectivity index (χ1) is 6.36. The molecule has 0 amide bonds. The van der Waals surface area contributed by atoms with E-state index in [1.54, 1.807) is 0 Å². The summed E-state index contributed by atoms with van der Waals surface area (Å²) in [6, 6.07) is 19.0. The zero-order chi connectivity index (χ0) is 9.10. The summed E-state index contributed by atoms with van der Waals surface area (Å²) in [5.41, 5.74) is 3.87. The molecule has 0 fully saturated rings. The molecule has 0 spiro atoms. The Morgan fingerprint density at radius 3 is 1.71 bits per heavy atom. The first-order valence-corrected chi connectivity index (χ1v) is 4.48. The molecular weight excluding hydrogens is 179 g/mol. The third-order valence-corrected chi connectivity index (χ3v) is 2.16. The molecule has 2 aromatic rings. The Balaban J connectivity index is 0.000000980. The topological polar surface area (TPSA) is 0 Å². The second-order valence-electron chi connectivity index (χ2n) is 3.23. The minimum absolute atomic E-state index is 0. The fourth-order valence-corrected chi connectivity index (χ4v) is 1.38. The maximum atomic E-state index is 2.16. The van der Waals surface area contributed by atoms with Crippen LogP contribution in [0.4, 0.5) is 0 Å². The van der Waals surface area contributed by atoms with Crippen LogP contribution in [0, 0.1) is 6.92 Å². The average molecular weight is 192 g/mol. The molecule has 0 aliphatic carbocycles. The van der Waals surface area contributed by atoms with Crippen LogP contribution in [0.25, 0.3) is 11.1 Å². The molecule has 0 N–H and O–H groups in total. The van der Waals surface area contributed by atoms with Crippen LogP contribution in [-0.4, -0.2) is 29.6 Å². The third kappa shape index (κ3) is 2.71. The van der Waals surface area contributed by atoms with Crippen molar-refractivity contribution in [1.82, 2.24) is 0 Å². The van der Waals surface area contributed by atoms with Gasteiger partial charge in [-0.15, -0.1) is 0 Å². The first kappa shape index (κ1) is 11.5. The summed E-state index contributed by atoms with van der Waals surface area (Å²) in [6.45, 7) is 2.11. The Morgan fingerprint density at radius 1 is 0.643 bits per heavy atom. The number of benzene rings is 2. The first-order valence-electron chi connectivity index (χ1n) is 4.48. The van der Waals surface area contributed by atoms with Crippen molar-refractivity contribution < 1.29 is 0 Å². The maximum absolute atomic E-state index is 2.16. The standard InChI is InChI=1S/C13H12.Na.H/c1-11-7-9-13(10-8-11)12-5-3-2-4-6-12;;/h2-10H,1H3;;. The molecule has 0 aromatic heterocycles. The number of aryl methyl sites for hydroxylation is 1. The number of hydrogen-bond donors (Lipinski definition) is 0. The molecule has 0 bridgehead atoms. The molecule has 0 unspecified atom stereocenters. The molecule has 0 nitrogen and oxygen atoms in total. The van der Waals surface area contributed by atoms with Gasteiger partial charge in [-0.25, -0.2) is 0 Å². The zero-order valence-electron chi connectivity index (χ0n) is 7.70. The van der Waals surface area contributed by atoms with Gasteiger partial charge in [0.1, 0.15) is 0 Å². The fourth-order valence-electron chi connectivity index (χ4n) is 1.38. The van der Waals surface area contributed by atoms with Gasteiger partial charge in [-0.05, 0) is 18.1 Å². The van der Waals surface area contributed by atoms with Crippen molar-refractivity contribution in [3.05, 3.63) is 60.2 Å². The van der Waals surface area contributed by atoms with Crippen LogP contribution in [0.3, 0.4) is 0 Å². The Hall–Kier alpha value is -0.560. The summed E-state index contributed by atoms with van der Waals surface area (Å²) < 4.78 is 0. The van der Waals surface area contributed by atoms with Crippen molar-refractivity contribution in [3.63, 3.8) is 0 Å². The van der Waals surface area contributed by atoms with Gasteiger partial charge in [-0.2, -0.15) is 0 Å². The van der Waals surface area contributed by atoms with Crippen LogP contribution in [0.5, 0.6) is 0 Å². The third-order valence-electron chi connectivity index (χ3n) is 2.16. The number of rotatable bonds is 1. The van der Waals surface area contributed by atoms with Crippen LogP contribution in [0.15, 0.2) is 54.6 Å². The van der Waals surface area contributed by atoms with Gasteiger partial charge in [0.25, 0.3) is 0 Å². The molecule has 0 atom stereocenters. The summed E-state index contributed by atoms with van der Waals surface area (Å²) in [7, 11) is 0. The van der Waals surface area contributed by atoms with Crippen molar-refractivity contribution in [3.8, 4) is 11.1 Å². The zero-order valence-corrected chi connectivity index (χ0v) is 7.70. The van der Waals surface area contributed by atoms with Gasteiger partial charge in [0.15, 0.2) is 0 Å². The van der Waals surface area contributed by atoms with Crippen molar-refractivity contribution in [1.29, 1.82) is 0 Å². The Kier molecular flexibility index (Phi) is 4.40. The predicted octanol–water partition coefficient (Wildman–Crippen LogP) is 3.01. The van der Waals surface area contributed by atoms with Gasteiger partial charge in [-0.3, -0.25) is 0 Å². The van der Waals surface area contributed by atoms with E-state index in [4.69, 9.17) is 0 Å².